The number of aromatic carboxylic acids is 1. The fourth-order valence-corrected chi connectivity index (χ4v) is 3.12. The number of carbonyl (C=O) groups is 2. The molecule has 4 aromatic rings. The molecule has 0 bridgehead atoms. The number of amides is 1. The fourth-order valence-electron chi connectivity index (χ4n) is 2.95. The molecule has 0 aliphatic heterocycles. The number of carboxylic acid groups (broad SMARTS) is 1. The minimum Gasteiger partial charge on any atom is -0.486 e. The minimum absolute atomic E-state index is 0.0881. The number of benzene rings is 2. The average Bonchev–Trinajstić information content (AvgIpc) is 3.47. The summed E-state index contributed by atoms with van der Waals surface area (Å²) in [5, 5.41) is 23.9. The third-order valence-corrected chi connectivity index (χ3v) is 4.76. The van der Waals surface area contributed by atoms with Crippen molar-refractivity contribution in [3.63, 3.8) is 0 Å². The fraction of sp³-hybridized carbons (Fsp3) is 0.136. The quantitative estimate of drug-likeness (QED) is 0.379. The number of halogens is 1. The van der Waals surface area contributed by atoms with Gasteiger partial charge in [0, 0.05) is 23.2 Å². The molecule has 168 valence electrons. The maximum Gasteiger partial charge on any atom is 0.358 e. The van der Waals surface area contributed by atoms with Crippen molar-refractivity contribution in [2.45, 2.75) is 19.6 Å². The van der Waals surface area contributed by atoms with Gasteiger partial charge in [-0.1, -0.05) is 40.2 Å². The predicted octanol–water partition coefficient (Wildman–Crippen LogP) is 3.89. The molecule has 0 atom stereocenters. The Morgan fingerprint density at radius 3 is 2.73 bits per heavy atom. The molecule has 2 N–H and O–H groups in total. The van der Waals surface area contributed by atoms with E-state index in [4.69, 9.17) is 26.0 Å². The summed E-state index contributed by atoms with van der Waals surface area (Å²) in [5.74, 6) is -0.723. The van der Waals surface area contributed by atoms with Gasteiger partial charge in [0.1, 0.15) is 18.1 Å². The van der Waals surface area contributed by atoms with Crippen molar-refractivity contribution in [2.24, 2.45) is 0 Å². The van der Waals surface area contributed by atoms with Gasteiger partial charge in [-0.2, -0.15) is 0 Å². The van der Waals surface area contributed by atoms with Crippen LogP contribution >= 0.6 is 11.6 Å². The van der Waals surface area contributed by atoms with Crippen molar-refractivity contribution in [2.75, 3.05) is 5.32 Å². The molecule has 10 nitrogen and oxygen atoms in total. The van der Waals surface area contributed by atoms with Crippen molar-refractivity contribution < 1.29 is 24.0 Å². The van der Waals surface area contributed by atoms with Crippen LogP contribution in [0, 0.1) is 0 Å². The summed E-state index contributed by atoms with van der Waals surface area (Å²) < 4.78 is 12.5. The zero-order valence-electron chi connectivity index (χ0n) is 17.1. The first-order valence-electron chi connectivity index (χ1n) is 9.84. The molecule has 1 amide bonds. The van der Waals surface area contributed by atoms with E-state index in [9.17, 15) is 9.59 Å². The lowest BCUT2D eigenvalue weighted by Crippen LogP contribution is -2.14. The summed E-state index contributed by atoms with van der Waals surface area (Å²) in [5.41, 5.74) is 1.50. The van der Waals surface area contributed by atoms with Crippen molar-refractivity contribution in [3.8, 4) is 17.1 Å². The largest absolute Gasteiger partial charge is 0.486 e. The van der Waals surface area contributed by atoms with E-state index in [1.165, 1.54) is 6.07 Å². The lowest BCUT2D eigenvalue weighted by Gasteiger charge is -2.08. The Kier molecular flexibility index (Phi) is 6.65. The molecule has 0 fully saturated rings. The van der Waals surface area contributed by atoms with Crippen molar-refractivity contribution in [1.29, 1.82) is 0 Å². The second kappa shape index (κ2) is 9.96. The third kappa shape index (κ3) is 5.74. The minimum atomic E-state index is -1.21. The van der Waals surface area contributed by atoms with Crippen LogP contribution in [0.3, 0.4) is 0 Å². The highest BCUT2D eigenvalue weighted by Crippen LogP contribution is 2.33. The number of aromatic nitrogens is 4. The molecule has 2 aromatic heterocycles. The topological polar surface area (TPSA) is 132 Å². The highest BCUT2D eigenvalue weighted by atomic mass is 35.5. The molecule has 11 heteroatoms. The number of anilines is 1. The number of carboxylic acids is 1. The zero-order valence-corrected chi connectivity index (χ0v) is 17.9. The molecule has 2 heterocycles. The average molecular weight is 468 g/mol. The van der Waals surface area contributed by atoms with E-state index in [2.05, 4.69) is 20.8 Å². The van der Waals surface area contributed by atoms with E-state index in [1.807, 2.05) is 30.3 Å². The number of aryl methyl sites for hydroxylation is 1. The number of ether oxygens (including phenoxy) is 1. The summed E-state index contributed by atoms with van der Waals surface area (Å²) in [6, 6.07) is 15.3. The molecule has 0 spiro atoms. The molecule has 4 rings (SSSR count). The number of nitrogens with zero attached hydrogens (tertiary/aromatic N) is 4. The molecule has 0 aliphatic carbocycles. The van der Waals surface area contributed by atoms with Crippen molar-refractivity contribution in [1.82, 2.24) is 20.2 Å². The molecule has 0 unspecified atom stereocenters. The van der Waals surface area contributed by atoms with Gasteiger partial charge in [-0.3, -0.25) is 9.48 Å². The van der Waals surface area contributed by atoms with Gasteiger partial charge in [0.25, 0.3) is 0 Å². The van der Waals surface area contributed by atoms with Crippen LogP contribution in [-0.2, 0) is 17.9 Å². The van der Waals surface area contributed by atoms with Crippen LogP contribution < -0.4 is 10.1 Å². The Bertz CT molecular complexity index is 1270. The first kappa shape index (κ1) is 22.0. The zero-order chi connectivity index (χ0) is 23.2. The number of carbonyl (C=O) groups excluding carboxylic acids is 1. The van der Waals surface area contributed by atoms with Crippen molar-refractivity contribution in [3.05, 3.63) is 77.2 Å². The molecule has 0 saturated heterocycles. The van der Waals surface area contributed by atoms with Gasteiger partial charge >= 0.3 is 5.97 Å². The van der Waals surface area contributed by atoms with E-state index in [0.717, 1.165) is 5.69 Å². The van der Waals surface area contributed by atoms with Gasteiger partial charge in [0.15, 0.2) is 11.5 Å². The Morgan fingerprint density at radius 1 is 1.15 bits per heavy atom. The first-order chi connectivity index (χ1) is 16.0. The van der Waals surface area contributed by atoms with Gasteiger partial charge in [0.05, 0.1) is 18.3 Å². The number of para-hydroxylation sites is 1. The van der Waals surface area contributed by atoms with Gasteiger partial charge in [-0.15, -0.1) is 5.10 Å². The number of nitrogens with one attached hydrogen (secondary N) is 1. The summed E-state index contributed by atoms with van der Waals surface area (Å²) in [4.78, 5) is 23.2. The normalized spacial score (nSPS) is 10.7. The SMILES string of the molecule is O=C(CCn1cc(COc2ccc(Cl)cc2-c2cc(C(=O)O)no2)nn1)Nc1ccccc1. The molecular weight excluding hydrogens is 450 g/mol. The molecule has 0 radical (unpaired) electrons. The molecule has 0 saturated carbocycles. The van der Waals surface area contributed by atoms with Gasteiger partial charge < -0.3 is 19.7 Å². The molecule has 2 aromatic carbocycles. The molecule has 0 aliphatic rings. The lowest BCUT2D eigenvalue weighted by molar-refractivity contribution is -0.116. The van der Waals surface area contributed by atoms with Gasteiger partial charge in [-0.25, -0.2) is 4.79 Å². The second-order valence-electron chi connectivity index (χ2n) is 6.95. The lowest BCUT2D eigenvalue weighted by atomic mass is 10.1. The van der Waals surface area contributed by atoms with Crippen LogP contribution in [-0.4, -0.2) is 37.1 Å². The molecular formula is C22H18ClN5O5. The predicted molar refractivity (Wildman–Crippen MR) is 118 cm³/mol. The number of hydrogen-bond acceptors (Lipinski definition) is 7. The third-order valence-electron chi connectivity index (χ3n) is 4.52. The van der Waals surface area contributed by atoms with Crippen LogP contribution in [0.2, 0.25) is 5.02 Å². The van der Waals surface area contributed by atoms with Crippen molar-refractivity contribution >= 4 is 29.2 Å². The van der Waals surface area contributed by atoms with Gasteiger partial charge in [0.2, 0.25) is 5.91 Å². The first-order valence-corrected chi connectivity index (χ1v) is 10.2. The maximum absolute atomic E-state index is 12.1. The Morgan fingerprint density at radius 2 is 1.97 bits per heavy atom. The standard InChI is InChI=1S/C22H18ClN5O5/c23-14-6-7-19(17(10-14)20-11-18(22(30)31)26-33-20)32-13-16-12-28(27-25-16)9-8-21(29)24-15-4-2-1-3-5-15/h1-7,10-12H,8-9,13H2,(H,24,29)(H,30,31). The number of hydrogen-bond donors (Lipinski definition) is 2. The summed E-state index contributed by atoms with van der Waals surface area (Å²) in [6.07, 6.45) is 1.92. The highest BCUT2D eigenvalue weighted by Gasteiger charge is 2.17. The van der Waals surface area contributed by atoms with Crippen LogP contribution in [0.25, 0.3) is 11.3 Å². The summed E-state index contributed by atoms with van der Waals surface area (Å²) in [6.45, 7) is 0.443. The van der Waals surface area contributed by atoms with E-state index in [-0.39, 0.29) is 30.4 Å². The maximum atomic E-state index is 12.1. The Hall–Kier alpha value is -4.18. The van der Waals surface area contributed by atoms with Crippen LogP contribution in [0.15, 0.2) is 65.3 Å². The van der Waals surface area contributed by atoms with Gasteiger partial charge in [-0.05, 0) is 30.3 Å². The summed E-state index contributed by atoms with van der Waals surface area (Å²) in [7, 11) is 0. The second-order valence-corrected chi connectivity index (χ2v) is 7.38. The van der Waals surface area contributed by atoms with Crippen LogP contribution in [0.1, 0.15) is 22.6 Å². The molecule has 33 heavy (non-hydrogen) atoms. The van der Waals surface area contributed by atoms with Crippen LogP contribution in [0.5, 0.6) is 5.75 Å². The van der Waals surface area contributed by atoms with Crippen LogP contribution in [0.4, 0.5) is 5.69 Å². The van der Waals surface area contributed by atoms with E-state index >= 15 is 0 Å². The Labute approximate surface area is 192 Å². The monoisotopic (exact) mass is 467 g/mol. The smallest absolute Gasteiger partial charge is 0.358 e. The number of rotatable bonds is 9. The summed E-state index contributed by atoms with van der Waals surface area (Å²) >= 11 is 6.08. The highest BCUT2D eigenvalue weighted by molar-refractivity contribution is 6.30. The van der Waals surface area contributed by atoms with E-state index in [1.54, 1.807) is 29.1 Å². The Balaban J connectivity index is 1.36. The van der Waals surface area contributed by atoms with E-state index in [0.29, 0.717) is 28.6 Å². The van der Waals surface area contributed by atoms with E-state index < -0.39 is 5.97 Å².